The number of allylic oxidation sites excluding steroid dienone is 1. The molecule has 0 saturated heterocycles. The van der Waals surface area contributed by atoms with Crippen molar-refractivity contribution in [3.05, 3.63) is 71.6 Å². The first kappa shape index (κ1) is 14.3. The number of rotatable bonds is 5. The second-order valence-corrected chi connectivity index (χ2v) is 5.39. The van der Waals surface area contributed by atoms with E-state index in [0.717, 1.165) is 36.2 Å². The Labute approximate surface area is 130 Å². The SMILES string of the molecule is CC1=C(CCc2ccccc2)C(C=O)N(c2ccccn2)N1. The van der Waals surface area contributed by atoms with Crippen LogP contribution in [-0.4, -0.2) is 17.3 Å². The molecule has 2 heterocycles. The van der Waals surface area contributed by atoms with E-state index in [-0.39, 0.29) is 6.04 Å². The molecule has 0 radical (unpaired) electrons. The van der Waals surface area contributed by atoms with Crippen molar-refractivity contribution in [1.29, 1.82) is 0 Å². The minimum atomic E-state index is -0.293. The van der Waals surface area contributed by atoms with Gasteiger partial charge in [-0.05, 0) is 43.0 Å². The number of aryl methyl sites for hydroxylation is 1. The van der Waals surface area contributed by atoms with Crippen LogP contribution in [0, 0.1) is 0 Å². The highest BCUT2D eigenvalue weighted by Crippen LogP contribution is 2.27. The molecule has 1 aromatic carbocycles. The van der Waals surface area contributed by atoms with E-state index in [2.05, 4.69) is 22.5 Å². The fourth-order valence-electron chi connectivity index (χ4n) is 2.80. The maximum absolute atomic E-state index is 11.6. The van der Waals surface area contributed by atoms with Gasteiger partial charge in [-0.3, -0.25) is 5.01 Å². The molecule has 0 fully saturated rings. The van der Waals surface area contributed by atoms with E-state index in [9.17, 15) is 4.79 Å². The quantitative estimate of drug-likeness (QED) is 0.861. The van der Waals surface area contributed by atoms with Gasteiger partial charge in [0.05, 0.1) is 0 Å². The Morgan fingerprint density at radius 1 is 1.14 bits per heavy atom. The fraction of sp³-hybridized carbons (Fsp3) is 0.222. The number of hydrogen-bond acceptors (Lipinski definition) is 4. The van der Waals surface area contributed by atoms with Gasteiger partial charge in [-0.1, -0.05) is 36.4 Å². The Bertz CT molecular complexity index is 667. The normalized spacial score (nSPS) is 17.5. The number of carbonyl (C=O) groups is 1. The Morgan fingerprint density at radius 3 is 2.59 bits per heavy atom. The molecule has 1 atom stereocenters. The molecule has 3 rings (SSSR count). The smallest absolute Gasteiger partial charge is 0.148 e. The average molecular weight is 293 g/mol. The number of nitrogens with zero attached hydrogens (tertiary/aromatic N) is 2. The van der Waals surface area contributed by atoms with Crippen molar-refractivity contribution in [2.45, 2.75) is 25.8 Å². The van der Waals surface area contributed by atoms with Crippen LogP contribution >= 0.6 is 0 Å². The number of pyridine rings is 1. The highest BCUT2D eigenvalue weighted by molar-refractivity contribution is 5.72. The summed E-state index contributed by atoms with van der Waals surface area (Å²) < 4.78 is 0. The first-order valence-electron chi connectivity index (χ1n) is 7.45. The third kappa shape index (κ3) is 2.86. The summed E-state index contributed by atoms with van der Waals surface area (Å²) in [5.74, 6) is 0.758. The summed E-state index contributed by atoms with van der Waals surface area (Å²) in [5, 5.41) is 1.84. The minimum Gasteiger partial charge on any atom is -0.301 e. The van der Waals surface area contributed by atoms with Crippen molar-refractivity contribution >= 4 is 12.1 Å². The lowest BCUT2D eigenvalue weighted by molar-refractivity contribution is -0.108. The van der Waals surface area contributed by atoms with Crippen molar-refractivity contribution in [2.75, 3.05) is 5.01 Å². The molecule has 1 aliphatic heterocycles. The Kier molecular flexibility index (Phi) is 4.19. The molecular formula is C18H19N3O. The van der Waals surface area contributed by atoms with Gasteiger partial charge in [0.1, 0.15) is 18.1 Å². The van der Waals surface area contributed by atoms with E-state index in [4.69, 9.17) is 0 Å². The van der Waals surface area contributed by atoms with Gasteiger partial charge >= 0.3 is 0 Å². The van der Waals surface area contributed by atoms with Gasteiger partial charge in [-0.15, -0.1) is 0 Å². The molecule has 22 heavy (non-hydrogen) atoms. The molecule has 0 spiro atoms. The van der Waals surface area contributed by atoms with Crippen molar-refractivity contribution in [3.8, 4) is 0 Å². The van der Waals surface area contributed by atoms with Crippen molar-refractivity contribution in [1.82, 2.24) is 10.4 Å². The maximum atomic E-state index is 11.6. The lowest BCUT2D eigenvalue weighted by Gasteiger charge is -2.23. The van der Waals surface area contributed by atoms with Crippen LogP contribution in [-0.2, 0) is 11.2 Å². The number of hydrazine groups is 1. The number of carbonyl (C=O) groups excluding carboxylic acids is 1. The predicted molar refractivity (Wildman–Crippen MR) is 87.2 cm³/mol. The molecule has 2 aromatic rings. The maximum Gasteiger partial charge on any atom is 0.148 e. The molecule has 0 saturated carbocycles. The molecule has 1 N–H and O–H groups in total. The molecule has 1 aromatic heterocycles. The number of benzene rings is 1. The van der Waals surface area contributed by atoms with E-state index in [0.29, 0.717) is 0 Å². The summed E-state index contributed by atoms with van der Waals surface area (Å²) in [7, 11) is 0. The van der Waals surface area contributed by atoms with Gasteiger partial charge in [0.2, 0.25) is 0 Å². The minimum absolute atomic E-state index is 0.293. The highest BCUT2D eigenvalue weighted by atomic mass is 16.1. The zero-order valence-electron chi connectivity index (χ0n) is 12.6. The Hall–Kier alpha value is -2.62. The molecule has 112 valence electrons. The van der Waals surface area contributed by atoms with Gasteiger partial charge in [0.15, 0.2) is 0 Å². The second kappa shape index (κ2) is 6.43. The second-order valence-electron chi connectivity index (χ2n) is 5.39. The van der Waals surface area contributed by atoms with Crippen molar-refractivity contribution in [3.63, 3.8) is 0 Å². The first-order valence-corrected chi connectivity index (χ1v) is 7.45. The number of anilines is 1. The third-order valence-electron chi connectivity index (χ3n) is 3.96. The molecule has 4 nitrogen and oxygen atoms in total. The van der Waals surface area contributed by atoms with Crippen molar-refractivity contribution < 1.29 is 4.79 Å². The van der Waals surface area contributed by atoms with Crippen LogP contribution in [0.1, 0.15) is 18.9 Å². The molecule has 1 aliphatic rings. The predicted octanol–water partition coefficient (Wildman–Crippen LogP) is 2.88. The molecular weight excluding hydrogens is 274 g/mol. The van der Waals surface area contributed by atoms with Crippen LogP contribution in [0.4, 0.5) is 5.82 Å². The largest absolute Gasteiger partial charge is 0.301 e. The molecule has 0 aliphatic carbocycles. The zero-order valence-corrected chi connectivity index (χ0v) is 12.6. The van der Waals surface area contributed by atoms with E-state index in [1.165, 1.54) is 5.56 Å². The van der Waals surface area contributed by atoms with Gasteiger partial charge < -0.3 is 10.2 Å². The summed E-state index contributed by atoms with van der Waals surface area (Å²) in [6.07, 6.45) is 4.50. The lowest BCUT2D eigenvalue weighted by atomic mass is 9.99. The average Bonchev–Trinajstić information content (AvgIpc) is 2.90. The Morgan fingerprint density at radius 2 is 1.91 bits per heavy atom. The van der Waals surface area contributed by atoms with E-state index in [1.54, 1.807) is 6.20 Å². The van der Waals surface area contributed by atoms with E-state index in [1.807, 2.05) is 48.3 Å². The van der Waals surface area contributed by atoms with E-state index < -0.39 is 0 Å². The third-order valence-corrected chi connectivity index (χ3v) is 3.96. The number of hydrogen-bond donors (Lipinski definition) is 1. The van der Waals surface area contributed by atoms with Crippen LogP contribution in [0.15, 0.2) is 66.0 Å². The zero-order chi connectivity index (χ0) is 15.4. The Balaban J connectivity index is 1.76. The highest BCUT2D eigenvalue weighted by Gasteiger charge is 2.31. The topological polar surface area (TPSA) is 45.2 Å². The standard InChI is InChI=1S/C18H19N3O/c1-14-16(11-10-15-7-3-2-4-8-15)17(13-22)21(20-14)18-9-5-6-12-19-18/h2-9,12-13,17,20H,10-11H2,1H3. The van der Waals surface area contributed by atoms with Gasteiger partial charge in [0, 0.05) is 11.9 Å². The number of aldehydes is 1. The first-order chi connectivity index (χ1) is 10.8. The van der Waals surface area contributed by atoms with Crippen LogP contribution in [0.2, 0.25) is 0 Å². The summed E-state index contributed by atoms with van der Waals surface area (Å²) >= 11 is 0. The van der Waals surface area contributed by atoms with Gasteiger partial charge in [0.25, 0.3) is 0 Å². The van der Waals surface area contributed by atoms with Crippen LogP contribution in [0.25, 0.3) is 0 Å². The summed E-state index contributed by atoms with van der Waals surface area (Å²) in [6.45, 7) is 2.01. The molecule has 0 bridgehead atoms. The molecule has 4 heteroatoms. The summed E-state index contributed by atoms with van der Waals surface area (Å²) in [4.78, 5) is 15.9. The summed E-state index contributed by atoms with van der Waals surface area (Å²) in [5.41, 5.74) is 6.73. The van der Waals surface area contributed by atoms with E-state index >= 15 is 0 Å². The van der Waals surface area contributed by atoms with Gasteiger partial charge in [-0.2, -0.15) is 0 Å². The van der Waals surface area contributed by atoms with Gasteiger partial charge in [-0.25, -0.2) is 4.98 Å². The molecule has 1 unspecified atom stereocenters. The monoisotopic (exact) mass is 293 g/mol. The fourth-order valence-corrected chi connectivity index (χ4v) is 2.80. The van der Waals surface area contributed by atoms with Crippen LogP contribution < -0.4 is 10.4 Å². The lowest BCUT2D eigenvalue weighted by Crippen LogP contribution is -2.40. The molecule has 0 amide bonds. The van der Waals surface area contributed by atoms with Crippen LogP contribution in [0.5, 0.6) is 0 Å². The van der Waals surface area contributed by atoms with Crippen LogP contribution in [0.3, 0.4) is 0 Å². The number of aromatic nitrogens is 1. The van der Waals surface area contributed by atoms with Crippen molar-refractivity contribution in [2.24, 2.45) is 0 Å². The summed E-state index contributed by atoms with van der Waals surface area (Å²) in [6, 6.07) is 15.7. The number of nitrogens with one attached hydrogen (secondary N) is 1.